The summed E-state index contributed by atoms with van der Waals surface area (Å²) in [5.74, 6) is 0.838. The Bertz CT molecular complexity index is 284. The molecule has 0 radical (unpaired) electrons. The van der Waals surface area contributed by atoms with Gasteiger partial charge in [-0.25, -0.2) is 4.79 Å². The number of amides is 2. The molecule has 2 amide bonds. The molecule has 2 fully saturated rings. The normalized spacial score (nSPS) is 29.7. The Kier molecular flexibility index (Phi) is 4.83. The Balaban J connectivity index is 1.79. The third-order valence-corrected chi connectivity index (χ3v) is 4.40. The number of nitrogens with two attached hydrogens (primary N) is 1. The van der Waals surface area contributed by atoms with Crippen LogP contribution in [-0.4, -0.2) is 61.1 Å². The minimum absolute atomic E-state index is 0.0859. The maximum atomic E-state index is 11.5. The van der Waals surface area contributed by atoms with Crippen molar-refractivity contribution < 1.29 is 4.79 Å². The SMILES string of the molecule is CCC1CCN(CCN2CCNC2=O)C(CN)C1. The number of carbonyl (C=O) groups excluding carboxylic acids is 1. The first-order valence-electron chi connectivity index (χ1n) is 7.21. The predicted molar refractivity (Wildman–Crippen MR) is 72.4 cm³/mol. The molecule has 2 aliphatic rings. The van der Waals surface area contributed by atoms with Crippen LogP contribution in [0.4, 0.5) is 4.79 Å². The van der Waals surface area contributed by atoms with Gasteiger partial charge in [0.05, 0.1) is 0 Å². The van der Waals surface area contributed by atoms with Crippen molar-refractivity contribution in [3.05, 3.63) is 0 Å². The molecule has 0 aromatic rings. The molecule has 0 spiro atoms. The maximum absolute atomic E-state index is 11.5. The van der Waals surface area contributed by atoms with E-state index in [0.29, 0.717) is 6.04 Å². The highest BCUT2D eigenvalue weighted by atomic mass is 16.2. The smallest absolute Gasteiger partial charge is 0.317 e. The Morgan fingerprint density at radius 2 is 2.22 bits per heavy atom. The lowest BCUT2D eigenvalue weighted by molar-refractivity contribution is 0.106. The first-order chi connectivity index (χ1) is 8.74. The summed E-state index contributed by atoms with van der Waals surface area (Å²) < 4.78 is 0. The van der Waals surface area contributed by atoms with Crippen LogP contribution in [0.15, 0.2) is 0 Å². The second kappa shape index (κ2) is 6.38. The minimum atomic E-state index is 0.0859. The molecule has 2 rings (SSSR count). The molecule has 0 bridgehead atoms. The van der Waals surface area contributed by atoms with E-state index < -0.39 is 0 Å². The largest absolute Gasteiger partial charge is 0.336 e. The molecule has 0 saturated carbocycles. The quantitative estimate of drug-likeness (QED) is 0.749. The maximum Gasteiger partial charge on any atom is 0.317 e. The van der Waals surface area contributed by atoms with Gasteiger partial charge in [0.25, 0.3) is 0 Å². The van der Waals surface area contributed by atoms with Gasteiger partial charge in [-0.3, -0.25) is 4.90 Å². The number of nitrogens with one attached hydrogen (secondary N) is 1. The average Bonchev–Trinajstić information content (AvgIpc) is 2.81. The van der Waals surface area contributed by atoms with Crippen LogP contribution in [0.5, 0.6) is 0 Å². The van der Waals surface area contributed by atoms with Gasteiger partial charge >= 0.3 is 6.03 Å². The molecule has 2 aliphatic heterocycles. The first kappa shape index (κ1) is 13.6. The van der Waals surface area contributed by atoms with E-state index in [1.165, 1.54) is 19.3 Å². The summed E-state index contributed by atoms with van der Waals surface area (Å²) in [5, 5.41) is 2.84. The van der Waals surface area contributed by atoms with Crippen molar-refractivity contribution in [1.29, 1.82) is 0 Å². The third-order valence-electron chi connectivity index (χ3n) is 4.40. The zero-order valence-corrected chi connectivity index (χ0v) is 11.4. The number of hydrogen-bond acceptors (Lipinski definition) is 3. The Hall–Kier alpha value is -0.810. The molecule has 2 unspecified atom stereocenters. The highest BCUT2D eigenvalue weighted by Crippen LogP contribution is 2.24. The molecule has 0 aromatic heterocycles. The summed E-state index contributed by atoms with van der Waals surface area (Å²) in [6, 6.07) is 0.595. The second-order valence-electron chi connectivity index (χ2n) is 5.44. The molecule has 2 atom stereocenters. The van der Waals surface area contributed by atoms with Crippen molar-refractivity contribution in [2.24, 2.45) is 11.7 Å². The molecule has 3 N–H and O–H groups in total. The third kappa shape index (κ3) is 3.14. The summed E-state index contributed by atoms with van der Waals surface area (Å²) in [4.78, 5) is 15.8. The van der Waals surface area contributed by atoms with E-state index in [0.717, 1.165) is 45.2 Å². The van der Waals surface area contributed by atoms with E-state index in [1.807, 2.05) is 4.90 Å². The molecule has 5 nitrogen and oxygen atoms in total. The van der Waals surface area contributed by atoms with Gasteiger partial charge in [-0.05, 0) is 25.3 Å². The highest BCUT2D eigenvalue weighted by molar-refractivity contribution is 5.76. The summed E-state index contributed by atoms with van der Waals surface area (Å²) >= 11 is 0. The lowest BCUT2D eigenvalue weighted by Crippen LogP contribution is -2.49. The summed E-state index contributed by atoms with van der Waals surface area (Å²) in [6.45, 7) is 7.57. The molecule has 0 aromatic carbocycles. The van der Waals surface area contributed by atoms with E-state index in [2.05, 4.69) is 17.1 Å². The lowest BCUT2D eigenvalue weighted by Gasteiger charge is -2.39. The van der Waals surface area contributed by atoms with Gasteiger partial charge in [-0.1, -0.05) is 13.3 Å². The van der Waals surface area contributed by atoms with E-state index in [4.69, 9.17) is 5.73 Å². The fourth-order valence-corrected chi connectivity index (χ4v) is 3.07. The van der Waals surface area contributed by atoms with E-state index >= 15 is 0 Å². The summed E-state index contributed by atoms with van der Waals surface area (Å²) in [6.07, 6.45) is 3.76. The Morgan fingerprint density at radius 1 is 1.39 bits per heavy atom. The van der Waals surface area contributed by atoms with Crippen molar-refractivity contribution >= 4 is 6.03 Å². The number of nitrogens with zero attached hydrogens (tertiary/aromatic N) is 2. The molecule has 2 saturated heterocycles. The molecular weight excluding hydrogens is 228 g/mol. The van der Waals surface area contributed by atoms with Crippen molar-refractivity contribution in [3.8, 4) is 0 Å². The van der Waals surface area contributed by atoms with Crippen molar-refractivity contribution in [1.82, 2.24) is 15.1 Å². The number of piperidine rings is 1. The molecule has 5 heteroatoms. The van der Waals surface area contributed by atoms with Gasteiger partial charge in [-0.15, -0.1) is 0 Å². The van der Waals surface area contributed by atoms with Crippen LogP contribution in [0.2, 0.25) is 0 Å². The van der Waals surface area contributed by atoms with E-state index in [1.54, 1.807) is 0 Å². The number of urea groups is 1. The molecule has 0 aliphatic carbocycles. The monoisotopic (exact) mass is 254 g/mol. The second-order valence-corrected chi connectivity index (χ2v) is 5.44. The standard InChI is InChI=1S/C13H26N4O/c1-2-11-3-5-16(12(9-11)10-14)7-8-17-6-4-15-13(17)18/h11-12H,2-10,14H2,1H3,(H,15,18). The fourth-order valence-electron chi connectivity index (χ4n) is 3.07. The van der Waals surface area contributed by atoms with Gasteiger partial charge in [0.15, 0.2) is 0 Å². The topological polar surface area (TPSA) is 61.6 Å². The summed E-state index contributed by atoms with van der Waals surface area (Å²) in [7, 11) is 0. The average molecular weight is 254 g/mol. The minimum Gasteiger partial charge on any atom is -0.336 e. The van der Waals surface area contributed by atoms with Crippen molar-refractivity contribution in [2.45, 2.75) is 32.2 Å². The van der Waals surface area contributed by atoms with E-state index in [9.17, 15) is 4.79 Å². The van der Waals surface area contributed by atoms with Gasteiger partial charge in [0.2, 0.25) is 0 Å². The first-order valence-corrected chi connectivity index (χ1v) is 7.21. The van der Waals surface area contributed by atoms with Crippen LogP contribution in [0.3, 0.4) is 0 Å². The highest BCUT2D eigenvalue weighted by Gasteiger charge is 2.27. The molecule has 18 heavy (non-hydrogen) atoms. The zero-order chi connectivity index (χ0) is 13.0. The Morgan fingerprint density at radius 3 is 2.83 bits per heavy atom. The van der Waals surface area contributed by atoms with Crippen LogP contribution in [0.1, 0.15) is 26.2 Å². The molecular formula is C13H26N4O. The van der Waals surface area contributed by atoms with Crippen LogP contribution in [0.25, 0.3) is 0 Å². The molecule has 2 heterocycles. The van der Waals surface area contributed by atoms with Crippen LogP contribution >= 0.6 is 0 Å². The van der Waals surface area contributed by atoms with Crippen LogP contribution in [0, 0.1) is 5.92 Å². The van der Waals surface area contributed by atoms with Gasteiger partial charge in [0.1, 0.15) is 0 Å². The fraction of sp³-hybridized carbons (Fsp3) is 0.923. The van der Waals surface area contributed by atoms with Gasteiger partial charge in [-0.2, -0.15) is 0 Å². The van der Waals surface area contributed by atoms with Crippen molar-refractivity contribution in [2.75, 3.05) is 39.3 Å². The van der Waals surface area contributed by atoms with Crippen LogP contribution in [-0.2, 0) is 0 Å². The number of rotatable bonds is 5. The number of hydrogen-bond donors (Lipinski definition) is 2. The van der Waals surface area contributed by atoms with E-state index in [-0.39, 0.29) is 6.03 Å². The van der Waals surface area contributed by atoms with Gasteiger partial charge < -0.3 is 16.0 Å². The lowest BCUT2D eigenvalue weighted by atomic mass is 9.89. The zero-order valence-electron chi connectivity index (χ0n) is 11.4. The number of likely N-dealkylation sites (tertiary alicyclic amines) is 1. The number of carbonyl (C=O) groups is 1. The van der Waals surface area contributed by atoms with Crippen LogP contribution < -0.4 is 11.1 Å². The van der Waals surface area contributed by atoms with Crippen molar-refractivity contribution in [3.63, 3.8) is 0 Å². The Labute approximate surface area is 110 Å². The predicted octanol–water partition coefficient (Wildman–Crippen LogP) is 0.461. The van der Waals surface area contributed by atoms with Gasteiger partial charge in [0, 0.05) is 38.8 Å². The summed E-state index contributed by atoms with van der Waals surface area (Å²) in [5.41, 5.74) is 5.89. The molecule has 104 valence electrons.